The molecule has 0 radical (unpaired) electrons. The Bertz CT molecular complexity index is 788. The molecule has 3 aromatic rings. The zero-order valence-corrected chi connectivity index (χ0v) is 12.2. The fourth-order valence-corrected chi connectivity index (χ4v) is 2.24. The van der Waals surface area contributed by atoms with Crippen molar-refractivity contribution >= 4 is 23.5 Å². The first-order chi connectivity index (χ1) is 10.6. The summed E-state index contributed by atoms with van der Waals surface area (Å²) >= 11 is 0. The Kier molecular flexibility index (Phi) is 4.09. The minimum Gasteiger partial charge on any atom is -0.487 e. The number of pyridine rings is 1. The first-order valence-electron chi connectivity index (χ1n) is 7.06. The van der Waals surface area contributed by atoms with Crippen LogP contribution in [0.4, 0.5) is 0 Å². The highest BCUT2D eigenvalue weighted by molar-refractivity contribution is 6.58. The first-order valence-corrected chi connectivity index (χ1v) is 7.06. The zero-order chi connectivity index (χ0) is 15.5. The Morgan fingerprint density at radius 1 is 1.05 bits per heavy atom. The monoisotopic (exact) mass is 293 g/mol. The number of fused-ring (bicyclic) bond motifs is 1. The van der Waals surface area contributed by atoms with Gasteiger partial charge in [-0.2, -0.15) is 0 Å². The van der Waals surface area contributed by atoms with Crippen LogP contribution in [0.1, 0.15) is 11.1 Å². The smallest absolute Gasteiger partial charge is 0.487 e. The van der Waals surface area contributed by atoms with E-state index in [9.17, 15) is 0 Å². The molecule has 0 amide bonds. The lowest BCUT2D eigenvalue weighted by Crippen LogP contribution is -2.29. The fourth-order valence-electron chi connectivity index (χ4n) is 2.24. The molecule has 0 saturated heterocycles. The van der Waals surface area contributed by atoms with Gasteiger partial charge in [-0.1, -0.05) is 36.4 Å². The fraction of sp³-hybridized carbons (Fsp3) is 0.118. The average molecular weight is 293 g/mol. The minimum absolute atomic E-state index is 0.404. The van der Waals surface area contributed by atoms with Crippen LogP contribution in [0.3, 0.4) is 0 Å². The Balaban J connectivity index is 1.72. The molecule has 22 heavy (non-hydrogen) atoms. The number of ether oxygens (including phenoxy) is 1. The molecule has 0 saturated carbocycles. The second kappa shape index (κ2) is 6.18. The van der Waals surface area contributed by atoms with E-state index in [1.54, 1.807) is 18.3 Å². The summed E-state index contributed by atoms with van der Waals surface area (Å²) in [5.41, 5.74) is 3.55. The Morgan fingerprint density at radius 3 is 2.55 bits per heavy atom. The molecular formula is C17H16BNO3. The van der Waals surface area contributed by atoms with Crippen LogP contribution >= 0.6 is 0 Å². The van der Waals surface area contributed by atoms with Crippen LogP contribution in [0.2, 0.25) is 0 Å². The van der Waals surface area contributed by atoms with E-state index in [1.165, 1.54) is 5.56 Å². The highest BCUT2D eigenvalue weighted by Gasteiger charge is 2.09. The van der Waals surface area contributed by atoms with E-state index in [4.69, 9.17) is 14.8 Å². The predicted molar refractivity (Wildman–Crippen MR) is 87.1 cm³/mol. The molecule has 1 aromatic heterocycles. The van der Waals surface area contributed by atoms with Crippen LogP contribution in [-0.4, -0.2) is 22.2 Å². The zero-order valence-electron chi connectivity index (χ0n) is 12.2. The van der Waals surface area contributed by atoms with Crippen LogP contribution in [0.15, 0.2) is 54.7 Å². The molecule has 4 nitrogen and oxygen atoms in total. The Hall–Kier alpha value is -2.37. The molecule has 2 aromatic carbocycles. The number of nitrogens with zero attached hydrogens (tertiary/aromatic N) is 1. The quantitative estimate of drug-likeness (QED) is 0.720. The molecule has 0 aliphatic carbocycles. The molecule has 5 heteroatoms. The number of aryl methyl sites for hydroxylation is 1. The third-order valence-corrected chi connectivity index (χ3v) is 3.50. The number of rotatable bonds is 4. The van der Waals surface area contributed by atoms with E-state index in [0.717, 1.165) is 16.5 Å². The van der Waals surface area contributed by atoms with Crippen LogP contribution in [0.25, 0.3) is 10.9 Å². The molecule has 0 aliphatic heterocycles. The van der Waals surface area contributed by atoms with Gasteiger partial charge in [0.25, 0.3) is 0 Å². The summed E-state index contributed by atoms with van der Waals surface area (Å²) in [6.07, 6.45) is 1.72. The van der Waals surface area contributed by atoms with Crippen LogP contribution in [0.5, 0.6) is 5.75 Å². The molecule has 0 fully saturated rings. The van der Waals surface area contributed by atoms with Gasteiger partial charge in [0.2, 0.25) is 0 Å². The minimum atomic E-state index is -1.44. The summed E-state index contributed by atoms with van der Waals surface area (Å²) in [4.78, 5) is 4.40. The number of benzene rings is 2. The summed E-state index contributed by atoms with van der Waals surface area (Å²) in [6.45, 7) is 2.44. The maximum Gasteiger partial charge on any atom is 0.488 e. The maximum atomic E-state index is 9.06. The van der Waals surface area contributed by atoms with Crippen molar-refractivity contribution in [2.75, 3.05) is 0 Å². The second-order valence-electron chi connectivity index (χ2n) is 5.27. The average Bonchev–Trinajstić information content (AvgIpc) is 2.53. The van der Waals surface area contributed by atoms with Crippen molar-refractivity contribution in [3.05, 3.63) is 65.9 Å². The second-order valence-corrected chi connectivity index (χ2v) is 5.27. The van der Waals surface area contributed by atoms with Gasteiger partial charge in [-0.05, 0) is 35.6 Å². The normalized spacial score (nSPS) is 10.7. The number of aromatic nitrogens is 1. The molecule has 0 spiro atoms. The number of hydrogen-bond acceptors (Lipinski definition) is 4. The molecule has 110 valence electrons. The molecule has 2 N–H and O–H groups in total. The highest BCUT2D eigenvalue weighted by Crippen LogP contribution is 2.20. The van der Waals surface area contributed by atoms with Crippen LogP contribution < -0.4 is 10.2 Å². The lowest BCUT2D eigenvalue weighted by atomic mass is 9.80. The topological polar surface area (TPSA) is 62.6 Å². The largest absolute Gasteiger partial charge is 0.488 e. The van der Waals surface area contributed by atoms with Gasteiger partial charge in [0.1, 0.15) is 12.4 Å². The van der Waals surface area contributed by atoms with E-state index < -0.39 is 7.12 Å². The van der Waals surface area contributed by atoms with Crippen molar-refractivity contribution in [1.29, 1.82) is 0 Å². The Morgan fingerprint density at radius 2 is 1.82 bits per heavy atom. The third-order valence-electron chi connectivity index (χ3n) is 3.50. The summed E-state index contributed by atoms with van der Waals surface area (Å²) in [6, 6.07) is 15.1. The van der Waals surface area contributed by atoms with Gasteiger partial charge < -0.3 is 14.8 Å². The van der Waals surface area contributed by atoms with Crippen molar-refractivity contribution in [3.8, 4) is 5.75 Å². The molecule has 1 heterocycles. The summed E-state index contributed by atoms with van der Waals surface area (Å²) in [5.74, 6) is 0.711. The van der Waals surface area contributed by atoms with Gasteiger partial charge in [-0.3, -0.25) is 4.98 Å². The Labute approximate surface area is 129 Å². The summed E-state index contributed by atoms with van der Waals surface area (Å²) in [5, 5.41) is 19.2. The predicted octanol–water partition coefficient (Wildman–Crippen LogP) is 1.80. The molecule has 0 aliphatic rings. The highest BCUT2D eigenvalue weighted by atomic mass is 16.5. The third kappa shape index (κ3) is 3.27. The van der Waals surface area contributed by atoms with E-state index in [1.807, 2.05) is 43.3 Å². The lowest BCUT2D eigenvalue weighted by Gasteiger charge is -2.08. The summed E-state index contributed by atoms with van der Waals surface area (Å²) < 4.78 is 5.74. The van der Waals surface area contributed by atoms with Gasteiger partial charge >= 0.3 is 7.12 Å². The molecular weight excluding hydrogens is 277 g/mol. The molecule has 0 unspecified atom stereocenters. The van der Waals surface area contributed by atoms with Crippen molar-refractivity contribution in [1.82, 2.24) is 4.98 Å². The lowest BCUT2D eigenvalue weighted by molar-refractivity contribution is 0.305. The van der Waals surface area contributed by atoms with Gasteiger partial charge in [0, 0.05) is 5.39 Å². The van der Waals surface area contributed by atoms with E-state index in [-0.39, 0.29) is 0 Å². The van der Waals surface area contributed by atoms with Gasteiger partial charge in [0.05, 0.1) is 11.7 Å². The van der Waals surface area contributed by atoms with Gasteiger partial charge in [0.15, 0.2) is 0 Å². The SMILES string of the molecule is Cc1ccc2cc(OCc3ccc(B(O)O)cc3)cnc2c1. The number of hydrogen-bond donors (Lipinski definition) is 2. The van der Waals surface area contributed by atoms with Crippen LogP contribution in [0, 0.1) is 6.92 Å². The summed E-state index contributed by atoms with van der Waals surface area (Å²) in [7, 11) is -1.44. The molecule has 3 rings (SSSR count). The van der Waals surface area contributed by atoms with Crippen molar-refractivity contribution in [2.24, 2.45) is 0 Å². The van der Waals surface area contributed by atoms with Gasteiger partial charge in [-0.25, -0.2) is 0 Å². The van der Waals surface area contributed by atoms with Crippen molar-refractivity contribution < 1.29 is 14.8 Å². The van der Waals surface area contributed by atoms with Crippen LogP contribution in [-0.2, 0) is 6.61 Å². The first kappa shape index (κ1) is 14.6. The van der Waals surface area contributed by atoms with E-state index >= 15 is 0 Å². The molecule has 0 atom stereocenters. The van der Waals surface area contributed by atoms with Crippen molar-refractivity contribution in [2.45, 2.75) is 13.5 Å². The van der Waals surface area contributed by atoms with Gasteiger partial charge in [-0.15, -0.1) is 0 Å². The van der Waals surface area contributed by atoms with E-state index in [0.29, 0.717) is 17.8 Å². The maximum absolute atomic E-state index is 9.06. The molecule has 0 bridgehead atoms. The van der Waals surface area contributed by atoms with E-state index in [2.05, 4.69) is 4.98 Å². The van der Waals surface area contributed by atoms with Crippen molar-refractivity contribution in [3.63, 3.8) is 0 Å². The standard InChI is InChI=1S/C17H16BNO3/c1-12-2-5-14-9-16(10-19-17(14)8-12)22-11-13-3-6-15(7-4-13)18(20)21/h2-10,20-21H,11H2,1H3.